The highest BCUT2D eigenvalue weighted by molar-refractivity contribution is 6.07. The zero-order valence-corrected chi connectivity index (χ0v) is 19.3. The van der Waals surface area contributed by atoms with E-state index in [1.807, 2.05) is 18.2 Å². The quantitative estimate of drug-likeness (QED) is 0.512. The molecule has 0 spiro atoms. The lowest BCUT2D eigenvalue weighted by Gasteiger charge is -2.34. The molecule has 2 atom stereocenters. The number of methoxy groups -OCH3 is 2. The van der Waals surface area contributed by atoms with Crippen LogP contribution in [0.15, 0.2) is 42.6 Å². The number of rotatable bonds is 5. The van der Waals surface area contributed by atoms with Crippen molar-refractivity contribution >= 4 is 17.4 Å². The van der Waals surface area contributed by atoms with Crippen molar-refractivity contribution in [1.82, 2.24) is 9.78 Å². The minimum absolute atomic E-state index is 0.0250. The van der Waals surface area contributed by atoms with Gasteiger partial charge in [0.2, 0.25) is 0 Å². The van der Waals surface area contributed by atoms with Crippen LogP contribution >= 0.6 is 0 Å². The van der Waals surface area contributed by atoms with E-state index in [1.165, 1.54) is 31.5 Å². The second kappa shape index (κ2) is 8.83. The van der Waals surface area contributed by atoms with E-state index in [0.717, 1.165) is 23.9 Å². The fraction of sp³-hybridized carbons (Fsp3) is 0.360. The van der Waals surface area contributed by atoms with Crippen molar-refractivity contribution in [2.45, 2.75) is 43.9 Å². The summed E-state index contributed by atoms with van der Waals surface area (Å²) in [5.41, 5.74) is 3.68. The first-order chi connectivity index (χ1) is 16.8. The van der Waals surface area contributed by atoms with E-state index >= 15 is 0 Å². The predicted molar refractivity (Wildman–Crippen MR) is 124 cm³/mol. The van der Waals surface area contributed by atoms with Crippen LogP contribution in [-0.4, -0.2) is 36.1 Å². The summed E-state index contributed by atoms with van der Waals surface area (Å²) in [5.74, 6) is 0.380. The van der Waals surface area contributed by atoms with Gasteiger partial charge in [0.05, 0.1) is 26.5 Å². The van der Waals surface area contributed by atoms with E-state index < -0.39 is 24.2 Å². The third-order valence-corrected chi connectivity index (χ3v) is 6.65. The number of halogens is 3. The highest BCUT2D eigenvalue weighted by atomic mass is 19.4. The van der Waals surface area contributed by atoms with Gasteiger partial charge < -0.3 is 20.1 Å². The van der Waals surface area contributed by atoms with Crippen LogP contribution in [0.3, 0.4) is 0 Å². The Bertz CT molecular complexity index is 1270. The molecule has 2 heterocycles. The average molecular weight is 486 g/mol. The molecule has 2 N–H and O–H groups in total. The number of carbonyl (C=O) groups excluding carboxylic acids is 1. The fourth-order valence-electron chi connectivity index (χ4n) is 4.86. The topological polar surface area (TPSA) is 77.4 Å². The molecule has 0 bridgehead atoms. The Morgan fingerprint density at radius 3 is 2.60 bits per heavy atom. The summed E-state index contributed by atoms with van der Waals surface area (Å²) in [7, 11) is 2.95. The standard InChI is InChI=1S/C25H25F3N4O3/c1-34-20-9-7-16(11-21(20)35-2)19-12-22(25(26,27)28)32-23(31-19)18(13-29-32)24(33)30-17-8-6-14-4-3-5-15(14)10-17/h6-11,13,19,22,31H,3-5,12H2,1-2H3,(H,30,33)/t19-,22-/m1/s1. The van der Waals surface area contributed by atoms with Gasteiger partial charge in [0.15, 0.2) is 17.5 Å². The Kier molecular flexibility index (Phi) is 5.82. The molecule has 35 heavy (non-hydrogen) atoms. The van der Waals surface area contributed by atoms with E-state index in [1.54, 1.807) is 18.2 Å². The number of aromatic nitrogens is 2. The molecular weight excluding hydrogens is 461 g/mol. The van der Waals surface area contributed by atoms with Crippen LogP contribution in [0.4, 0.5) is 24.7 Å². The van der Waals surface area contributed by atoms with Crippen LogP contribution < -0.4 is 20.1 Å². The molecule has 2 aliphatic rings. The van der Waals surface area contributed by atoms with Gasteiger partial charge in [-0.1, -0.05) is 12.1 Å². The Morgan fingerprint density at radius 2 is 1.86 bits per heavy atom. The van der Waals surface area contributed by atoms with E-state index in [0.29, 0.717) is 22.7 Å². The third-order valence-electron chi connectivity index (χ3n) is 6.65. The summed E-state index contributed by atoms with van der Waals surface area (Å²) in [4.78, 5) is 13.1. The lowest BCUT2D eigenvalue weighted by atomic mass is 9.96. The molecule has 1 aliphatic carbocycles. The second-order valence-electron chi connectivity index (χ2n) is 8.75. The Morgan fingerprint density at radius 1 is 1.09 bits per heavy atom. The zero-order valence-electron chi connectivity index (χ0n) is 19.3. The fourth-order valence-corrected chi connectivity index (χ4v) is 4.86. The largest absolute Gasteiger partial charge is 0.493 e. The number of nitrogens with zero attached hydrogens (tertiary/aromatic N) is 2. The Balaban J connectivity index is 1.47. The molecule has 0 unspecified atom stereocenters. The minimum atomic E-state index is -4.55. The molecule has 0 saturated heterocycles. The van der Waals surface area contributed by atoms with Gasteiger partial charge >= 0.3 is 6.18 Å². The number of fused-ring (bicyclic) bond motifs is 2. The summed E-state index contributed by atoms with van der Waals surface area (Å²) >= 11 is 0. The van der Waals surface area contributed by atoms with Gasteiger partial charge in [-0.2, -0.15) is 18.3 Å². The number of ether oxygens (including phenoxy) is 2. The highest BCUT2D eigenvalue weighted by Gasteiger charge is 2.47. The van der Waals surface area contributed by atoms with Crippen LogP contribution in [0.25, 0.3) is 0 Å². The van der Waals surface area contributed by atoms with Gasteiger partial charge in [0.25, 0.3) is 5.91 Å². The summed E-state index contributed by atoms with van der Waals surface area (Å²) in [6.07, 6.45) is -0.625. The number of amides is 1. The van der Waals surface area contributed by atoms with E-state index in [4.69, 9.17) is 9.47 Å². The number of alkyl halides is 3. The number of hydrogen-bond acceptors (Lipinski definition) is 5. The zero-order chi connectivity index (χ0) is 24.7. The maximum absolute atomic E-state index is 14.0. The predicted octanol–water partition coefficient (Wildman–Crippen LogP) is 5.30. The van der Waals surface area contributed by atoms with Crippen LogP contribution in [0.1, 0.15) is 52.0 Å². The smallest absolute Gasteiger partial charge is 0.410 e. The second-order valence-corrected chi connectivity index (χ2v) is 8.75. The number of nitrogens with one attached hydrogen (secondary N) is 2. The number of carbonyl (C=O) groups is 1. The lowest BCUT2D eigenvalue weighted by molar-refractivity contribution is -0.173. The SMILES string of the molecule is COc1ccc([C@H]2C[C@H](C(F)(F)F)n3ncc(C(=O)Nc4ccc5c(c4)CCC5)c3N2)cc1OC. The molecule has 1 aromatic heterocycles. The van der Waals surface area contributed by atoms with Crippen molar-refractivity contribution in [2.24, 2.45) is 0 Å². The molecule has 184 valence electrons. The summed E-state index contributed by atoms with van der Waals surface area (Å²) in [6.45, 7) is 0. The summed E-state index contributed by atoms with van der Waals surface area (Å²) in [6, 6.07) is 8.08. The van der Waals surface area contributed by atoms with Crippen molar-refractivity contribution < 1.29 is 27.4 Å². The van der Waals surface area contributed by atoms with Crippen LogP contribution in [0.2, 0.25) is 0 Å². The maximum atomic E-state index is 14.0. The van der Waals surface area contributed by atoms with Crippen LogP contribution in [0.5, 0.6) is 11.5 Å². The molecule has 0 saturated carbocycles. The van der Waals surface area contributed by atoms with Crippen LogP contribution in [-0.2, 0) is 12.8 Å². The molecule has 3 aromatic rings. The first kappa shape index (κ1) is 23.1. The molecule has 5 rings (SSSR count). The molecular formula is C25H25F3N4O3. The molecule has 7 nitrogen and oxygen atoms in total. The van der Waals surface area contributed by atoms with Crippen molar-refractivity contribution in [3.8, 4) is 11.5 Å². The highest BCUT2D eigenvalue weighted by Crippen LogP contribution is 2.45. The van der Waals surface area contributed by atoms with Gasteiger partial charge in [0, 0.05) is 12.1 Å². The van der Waals surface area contributed by atoms with Gasteiger partial charge in [0.1, 0.15) is 11.4 Å². The Labute approximate surface area is 200 Å². The molecule has 10 heteroatoms. The molecule has 2 aromatic carbocycles. The lowest BCUT2D eigenvalue weighted by Crippen LogP contribution is -2.36. The third kappa shape index (κ3) is 4.28. The van der Waals surface area contributed by atoms with E-state index in [9.17, 15) is 18.0 Å². The molecule has 1 aliphatic heterocycles. The average Bonchev–Trinajstić information content (AvgIpc) is 3.48. The van der Waals surface area contributed by atoms with E-state index in [-0.39, 0.29) is 17.8 Å². The van der Waals surface area contributed by atoms with E-state index in [2.05, 4.69) is 15.7 Å². The summed E-state index contributed by atoms with van der Waals surface area (Å²) in [5, 5.41) is 9.86. The normalized spacial score (nSPS) is 18.9. The first-order valence-electron chi connectivity index (χ1n) is 11.3. The van der Waals surface area contributed by atoms with Crippen molar-refractivity contribution in [1.29, 1.82) is 0 Å². The number of hydrogen-bond donors (Lipinski definition) is 2. The minimum Gasteiger partial charge on any atom is -0.493 e. The number of benzene rings is 2. The van der Waals surface area contributed by atoms with Crippen LogP contribution in [0, 0.1) is 0 Å². The molecule has 1 amide bonds. The van der Waals surface area contributed by atoms with Crippen molar-refractivity contribution in [3.63, 3.8) is 0 Å². The molecule has 0 radical (unpaired) electrons. The van der Waals surface area contributed by atoms with Gasteiger partial charge in [-0.15, -0.1) is 0 Å². The Hall–Kier alpha value is -3.69. The number of aryl methyl sites for hydroxylation is 2. The summed E-state index contributed by atoms with van der Waals surface area (Å²) < 4.78 is 53.5. The molecule has 0 fully saturated rings. The maximum Gasteiger partial charge on any atom is 0.410 e. The van der Waals surface area contributed by atoms with Crippen molar-refractivity contribution in [2.75, 3.05) is 24.9 Å². The van der Waals surface area contributed by atoms with Gasteiger partial charge in [-0.25, -0.2) is 4.68 Å². The van der Waals surface area contributed by atoms with Gasteiger partial charge in [-0.05, 0) is 60.2 Å². The van der Waals surface area contributed by atoms with Crippen molar-refractivity contribution in [3.05, 3.63) is 64.8 Å². The first-order valence-corrected chi connectivity index (χ1v) is 11.3. The number of anilines is 2. The monoisotopic (exact) mass is 486 g/mol. The van der Waals surface area contributed by atoms with Gasteiger partial charge in [-0.3, -0.25) is 4.79 Å².